The molecule has 3 nitrogen and oxygen atoms in total. The minimum atomic E-state index is -0.0535. The Balaban J connectivity index is 2.42. The second-order valence-corrected chi connectivity index (χ2v) is 5.25. The van der Waals surface area contributed by atoms with Crippen LogP contribution in [0.25, 0.3) is 0 Å². The van der Waals surface area contributed by atoms with E-state index < -0.39 is 0 Å². The van der Waals surface area contributed by atoms with Gasteiger partial charge in [0.2, 0.25) is 0 Å². The van der Waals surface area contributed by atoms with Gasteiger partial charge >= 0.3 is 0 Å². The summed E-state index contributed by atoms with van der Waals surface area (Å²) in [5.74, 6) is 0. The maximum atomic E-state index is 6.28. The van der Waals surface area contributed by atoms with E-state index in [9.17, 15) is 0 Å². The van der Waals surface area contributed by atoms with Gasteiger partial charge in [-0.05, 0) is 36.0 Å². The zero-order valence-electron chi connectivity index (χ0n) is 10.8. The highest BCUT2D eigenvalue weighted by molar-refractivity contribution is 6.35. The molecule has 2 aromatic rings. The largest absolute Gasteiger partial charge is 0.384 e. The van der Waals surface area contributed by atoms with Gasteiger partial charge in [0.15, 0.2) is 0 Å². The van der Waals surface area contributed by atoms with E-state index in [1.54, 1.807) is 12.3 Å². The molecule has 1 atom stereocenters. The van der Waals surface area contributed by atoms with Crippen molar-refractivity contribution in [1.82, 2.24) is 14.7 Å². The molecule has 100 valence electrons. The van der Waals surface area contributed by atoms with Gasteiger partial charge in [-0.15, -0.1) is 0 Å². The number of hydrogen-bond acceptors (Lipinski definition) is 2. The maximum absolute atomic E-state index is 6.28. The zero-order chi connectivity index (χ0) is 13.8. The summed E-state index contributed by atoms with van der Waals surface area (Å²) in [6.45, 7) is 0. The first-order chi connectivity index (χ1) is 9.08. The van der Waals surface area contributed by atoms with E-state index in [1.807, 2.05) is 60.3 Å². The highest BCUT2D eigenvalue weighted by atomic mass is 35.5. The number of halogens is 2. The van der Waals surface area contributed by atoms with E-state index >= 15 is 0 Å². The van der Waals surface area contributed by atoms with Crippen molar-refractivity contribution < 1.29 is 0 Å². The van der Waals surface area contributed by atoms with Crippen LogP contribution in [-0.4, -0.2) is 28.8 Å². The van der Waals surface area contributed by atoms with Crippen molar-refractivity contribution in [2.75, 3.05) is 14.1 Å². The number of hydrogen-bond donors (Lipinski definition) is 0. The van der Waals surface area contributed by atoms with Crippen molar-refractivity contribution in [1.29, 1.82) is 0 Å². The predicted octanol–water partition coefficient (Wildman–Crippen LogP) is 3.85. The molecule has 0 N–H and O–H groups in total. The van der Waals surface area contributed by atoms with Crippen molar-refractivity contribution in [2.24, 2.45) is 0 Å². The van der Waals surface area contributed by atoms with Gasteiger partial charge in [-0.2, -0.15) is 5.10 Å². The molecule has 2 rings (SSSR count). The molecule has 0 aliphatic rings. The van der Waals surface area contributed by atoms with Crippen LogP contribution in [0.15, 0.2) is 48.9 Å². The minimum Gasteiger partial charge on any atom is -0.384 e. The molecule has 0 spiro atoms. The summed E-state index contributed by atoms with van der Waals surface area (Å²) < 4.78 is 1.86. The van der Waals surface area contributed by atoms with E-state index in [4.69, 9.17) is 23.2 Å². The molecule has 0 aliphatic carbocycles. The summed E-state index contributed by atoms with van der Waals surface area (Å²) in [6, 6.07) is 7.35. The average Bonchev–Trinajstić information content (AvgIpc) is 2.85. The first kappa shape index (κ1) is 14.0. The highest BCUT2D eigenvalue weighted by Crippen LogP contribution is 2.29. The Morgan fingerprint density at radius 1 is 1.32 bits per heavy atom. The Kier molecular flexibility index (Phi) is 4.51. The van der Waals surface area contributed by atoms with Crippen LogP contribution in [0, 0.1) is 0 Å². The Hall–Kier alpha value is -1.45. The lowest BCUT2D eigenvalue weighted by Crippen LogP contribution is -2.11. The number of allylic oxidation sites excluding steroid dienone is 1. The summed E-state index contributed by atoms with van der Waals surface area (Å²) in [6.07, 6.45) is 7.69. The maximum Gasteiger partial charge on any atom is 0.0980 e. The van der Waals surface area contributed by atoms with Crippen LogP contribution in [0.3, 0.4) is 0 Å². The topological polar surface area (TPSA) is 21.1 Å². The first-order valence-electron chi connectivity index (χ1n) is 5.87. The molecule has 0 bridgehead atoms. The lowest BCUT2D eigenvalue weighted by atomic mass is 10.1. The smallest absolute Gasteiger partial charge is 0.0980 e. The van der Waals surface area contributed by atoms with E-state index in [0.717, 1.165) is 5.56 Å². The predicted molar refractivity (Wildman–Crippen MR) is 79.7 cm³/mol. The molecule has 0 fully saturated rings. The van der Waals surface area contributed by atoms with Crippen molar-refractivity contribution in [2.45, 2.75) is 6.04 Å². The van der Waals surface area contributed by atoms with Crippen LogP contribution >= 0.6 is 23.2 Å². The van der Waals surface area contributed by atoms with Crippen molar-refractivity contribution in [3.8, 4) is 0 Å². The molecule has 0 saturated carbocycles. The molecule has 0 aliphatic heterocycles. The summed E-state index contributed by atoms with van der Waals surface area (Å²) in [5, 5.41) is 5.55. The van der Waals surface area contributed by atoms with E-state index in [-0.39, 0.29) is 6.04 Å². The fourth-order valence-electron chi connectivity index (χ4n) is 1.77. The second-order valence-electron chi connectivity index (χ2n) is 4.40. The first-order valence-corrected chi connectivity index (χ1v) is 6.62. The highest BCUT2D eigenvalue weighted by Gasteiger charge is 2.14. The van der Waals surface area contributed by atoms with Crippen molar-refractivity contribution >= 4 is 23.2 Å². The zero-order valence-corrected chi connectivity index (χ0v) is 12.3. The van der Waals surface area contributed by atoms with E-state index in [1.165, 1.54) is 0 Å². The Morgan fingerprint density at radius 3 is 2.68 bits per heavy atom. The van der Waals surface area contributed by atoms with Crippen molar-refractivity contribution in [3.63, 3.8) is 0 Å². The molecule has 5 heteroatoms. The molecule has 1 aromatic heterocycles. The van der Waals surface area contributed by atoms with Crippen LogP contribution in [0.2, 0.25) is 10.0 Å². The summed E-state index contributed by atoms with van der Waals surface area (Å²) >= 11 is 12.2. The third kappa shape index (κ3) is 3.52. The lowest BCUT2D eigenvalue weighted by Gasteiger charge is -2.17. The molecular formula is C14H15Cl2N3. The summed E-state index contributed by atoms with van der Waals surface area (Å²) in [7, 11) is 3.94. The van der Waals surface area contributed by atoms with Gasteiger partial charge in [-0.3, -0.25) is 4.68 Å². The van der Waals surface area contributed by atoms with Gasteiger partial charge in [0.05, 0.1) is 6.04 Å². The monoisotopic (exact) mass is 295 g/mol. The van der Waals surface area contributed by atoms with Gasteiger partial charge in [0.1, 0.15) is 0 Å². The number of aromatic nitrogens is 2. The number of nitrogens with zero attached hydrogens (tertiary/aromatic N) is 3. The van der Waals surface area contributed by atoms with Crippen LogP contribution in [0.4, 0.5) is 0 Å². The summed E-state index contributed by atoms with van der Waals surface area (Å²) in [4.78, 5) is 1.97. The van der Waals surface area contributed by atoms with Crippen LogP contribution in [0.5, 0.6) is 0 Å². The quantitative estimate of drug-likeness (QED) is 0.854. The third-order valence-electron chi connectivity index (χ3n) is 2.66. The molecular weight excluding hydrogens is 281 g/mol. The van der Waals surface area contributed by atoms with Crippen LogP contribution in [-0.2, 0) is 0 Å². The van der Waals surface area contributed by atoms with Crippen LogP contribution < -0.4 is 0 Å². The molecule has 0 saturated heterocycles. The number of benzene rings is 1. The second kappa shape index (κ2) is 6.13. The number of rotatable bonds is 4. The molecule has 1 unspecified atom stereocenters. The average molecular weight is 296 g/mol. The SMILES string of the molecule is CN(C)C=CC(c1ccc(Cl)cc1Cl)n1cccn1. The van der Waals surface area contributed by atoms with Crippen molar-refractivity contribution in [3.05, 3.63) is 64.5 Å². The summed E-state index contributed by atoms with van der Waals surface area (Å²) in [5.41, 5.74) is 0.966. The van der Waals surface area contributed by atoms with Gasteiger partial charge in [-0.1, -0.05) is 29.3 Å². The van der Waals surface area contributed by atoms with Gasteiger partial charge in [0.25, 0.3) is 0 Å². The Morgan fingerprint density at radius 2 is 2.11 bits per heavy atom. The molecule has 19 heavy (non-hydrogen) atoms. The minimum absolute atomic E-state index is 0.0535. The van der Waals surface area contributed by atoms with Gasteiger partial charge < -0.3 is 4.90 Å². The molecule has 1 aromatic carbocycles. The normalized spacial score (nSPS) is 12.8. The van der Waals surface area contributed by atoms with Gasteiger partial charge in [0, 0.05) is 36.5 Å². The standard InChI is InChI=1S/C14H15Cl2N3/c1-18(2)9-6-14(19-8-3-7-17-19)12-5-4-11(15)10-13(12)16/h3-10,14H,1-2H3. The van der Waals surface area contributed by atoms with Gasteiger partial charge in [-0.25, -0.2) is 0 Å². The van der Waals surface area contributed by atoms with E-state index in [2.05, 4.69) is 5.10 Å². The Bertz CT molecular complexity index is 562. The molecule has 1 heterocycles. The fraction of sp³-hybridized carbons (Fsp3) is 0.214. The van der Waals surface area contributed by atoms with Crippen LogP contribution in [0.1, 0.15) is 11.6 Å². The molecule has 0 amide bonds. The third-order valence-corrected chi connectivity index (χ3v) is 3.22. The Labute approximate surface area is 123 Å². The van der Waals surface area contributed by atoms with E-state index in [0.29, 0.717) is 10.0 Å². The lowest BCUT2D eigenvalue weighted by molar-refractivity contribution is 0.544. The molecule has 0 radical (unpaired) electrons. The fourth-order valence-corrected chi connectivity index (χ4v) is 2.29.